The van der Waals surface area contributed by atoms with E-state index >= 15 is 0 Å². The van der Waals surface area contributed by atoms with Gasteiger partial charge < -0.3 is 9.16 Å². The lowest BCUT2D eigenvalue weighted by atomic mass is 10.1. The monoisotopic (exact) mass is 242 g/mol. The molecule has 0 N–H and O–H groups in total. The van der Waals surface area contributed by atoms with Crippen molar-refractivity contribution >= 4 is 8.32 Å². The summed E-state index contributed by atoms with van der Waals surface area (Å²) in [5.41, 5.74) is 0. The highest BCUT2D eigenvalue weighted by atomic mass is 28.4. The summed E-state index contributed by atoms with van der Waals surface area (Å²) in [7, 11) is -1.69. The molecular formula is C13H26O2Si. The van der Waals surface area contributed by atoms with Crippen molar-refractivity contribution in [2.75, 3.05) is 0 Å². The predicted molar refractivity (Wildman–Crippen MR) is 71.2 cm³/mol. The first-order valence-corrected chi connectivity index (χ1v) is 9.06. The maximum absolute atomic E-state index is 6.33. The van der Waals surface area contributed by atoms with E-state index in [9.17, 15) is 0 Å². The standard InChI is InChI=1S/C13H26O2Si/c1-10-8-9-12(11(2)14-10)15-16(6,7)13(3,4)5/h8-12H,1-7H3/t10-,11+,12-/m1/s1. The Morgan fingerprint density at radius 2 is 1.69 bits per heavy atom. The van der Waals surface area contributed by atoms with Gasteiger partial charge in [0.05, 0.1) is 18.3 Å². The van der Waals surface area contributed by atoms with Crippen molar-refractivity contribution in [3.05, 3.63) is 12.2 Å². The van der Waals surface area contributed by atoms with Crippen LogP contribution in [0, 0.1) is 0 Å². The Labute approximate surface area is 101 Å². The lowest BCUT2D eigenvalue weighted by Gasteiger charge is -2.41. The molecule has 2 nitrogen and oxygen atoms in total. The van der Waals surface area contributed by atoms with Crippen LogP contribution in [0.3, 0.4) is 0 Å². The maximum atomic E-state index is 6.33. The fraction of sp³-hybridized carbons (Fsp3) is 0.846. The van der Waals surface area contributed by atoms with Gasteiger partial charge in [0, 0.05) is 0 Å². The molecule has 0 unspecified atom stereocenters. The topological polar surface area (TPSA) is 18.5 Å². The van der Waals surface area contributed by atoms with E-state index in [4.69, 9.17) is 9.16 Å². The van der Waals surface area contributed by atoms with E-state index < -0.39 is 8.32 Å². The first-order chi connectivity index (χ1) is 7.13. The second-order valence-electron chi connectivity index (χ2n) is 6.27. The Hall–Kier alpha value is -0.123. The Morgan fingerprint density at radius 1 is 1.12 bits per heavy atom. The SMILES string of the molecule is C[C@@H]1C=C[C@@H](O[Si](C)(C)C(C)(C)C)[C@H](C)O1. The van der Waals surface area contributed by atoms with Gasteiger partial charge in [-0.3, -0.25) is 0 Å². The molecule has 1 aliphatic rings. The molecule has 0 spiro atoms. The summed E-state index contributed by atoms with van der Waals surface area (Å²) in [6, 6.07) is 0. The number of hydrogen-bond acceptors (Lipinski definition) is 2. The highest BCUT2D eigenvalue weighted by molar-refractivity contribution is 6.74. The molecule has 0 saturated carbocycles. The van der Waals surface area contributed by atoms with Gasteiger partial charge in [-0.05, 0) is 32.0 Å². The summed E-state index contributed by atoms with van der Waals surface area (Å²) in [5.74, 6) is 0. The minimum atomic E-state index is -1.69. The van der Waals surface area contributed by atoms with Gasteiger partial charge in [-0.15, -0.1) is 0 Å². The third-order valence-electron chi connectivity index (χ3n) is 3.70. The first kappa shape index (κ1) is 13.9. The van der Waals surface area contributed by atoms with E-state index in [1.165, 1.54) is 0 Å². The highest BCUT2D eigenvalue weighted by Gasteiger charge is 2.40. The van der Waals surface area contributed by atoms with Gasteiger partial charge in [-0.2, -0.15) is 0 Å². The minimum Gasteiger partial charge on any atom is -0.408 e. The molecular weight excluding hydrogens is 216 g/mol. The van der Waals surface area contributed by atoms with Gasteiger partial charge >= 0.3 is 0 Å². The lowest BCUT2D eigenvalue weighted by Crippen LogP contribution is -2.47. The zero-order chi connectivity index (χ0) is 12.6. The summed E-state index contributed by atoms with van der Waals surface area (Å²) < 4.78 is 12.1. The summed E-state index contributed by atoms with van der Waals surface area (Å²) in [4.78, 5) is 0. The van der Waals surface area contributed by atoms with Crippen LogP contribution in [0.25, 0.3) is 0 Å². The predicted octanol–water partition coefficient (Wildman–Crippen LogP) is 3.74. The number of rotatable bonds is 2. The molecule has 1 heterocycles. The average Bonchev–Trinajstić information content (AvgIpc) is 2.08. The smallest absolute Gasteiger partial charge is 0.193 e. The molecule has 0 fully saturated rings. The van der Waals surface area contributed by atoms with Crippen molar-refractivity contribution in [1.29, 1.82) is 0 Å². The van der Waals surface area contributed by atoms with Gasteiger partial charge in [-0.1, -0.05) is 32.9 Å². The van der Waals surface area contributed by atoms with Crippen molar-refractivity contribution in [1.82, 2.24) is 0 Å². The van der Waals surface area contributed by atoms with Gasteiger partial charge in [0.15, 0.2) is 8.32 Å². The molecule has 0 aliphatic carbocycles. The quantitative estimate of drug-likeness (QED) is 0.542. The normalized spacial score (nSPS) is 31.8. The zero-order valence-electron chi connectivity index (χ0n) is 11.7. The summed E-state index contributed by atoms with van der Waals surface area (Å²) >= 11 is 0. The molecule has 0 saturated heterocycles. The molecule has 0 bridgehead atoms. The summed E-state index contributed by atoms with van der Waals surface area (Å²) in [5, 5.41) is 0.254. The fourth-order valence-electron chi connectivity index (χ4n) is 1.54. The Balaban J connectivity index is 2.71. The molecule has 0 radical (unpaired) electrons. The van der Waals surface area contributed by atoms with E-state index in [1.54, 1.807) is 0 Å². The van der Waals surface area contributed by atoms with Crippen LogP contribution in [0.15, 0.2) is 12.2 Å². The second kappa shape index (κ2) is 4.63. The van der Waals surface area contributed by atoms with E-state index in [2.05, 4.69) is 59.9 Å². The van der Waals surface area contributed by atoms with Crippen LogP contribution in [0.1, 0.15) is 34.6 Å². The molecule has 16 heavy (non-hydrogen) atoms. The van der Waals surface area contributed by atoms with Crippen LogP contribution in [0.5, 0.6) is 0 Å². The second-order valence-corrected chi connectivity index (χ2v) is 11.0. The zero-order valence-corrected chi connectivity index (χ0v) is 12.7. The van der Waals surface area contributed by atoms with Crippen LogP contribution >= 0.6 is 0 Å². The highest BCUT2D eigenvalue weighted by Crippen LogP contribution is 2.38. The minimum absolute atomic E-state index is 0.122. The molecule has 0 amide bonds. The average molecular weight is 242 g/mol. The Bertz CT molecular complexity index is 266. The van der Waals surface area contributed by atoms with Crippen molar-refractivity contribution in [2.45, 2.75) is 71.1 Å². The molecule has 0 aromatic carbocycles. The van der Waals surface area contributed by atoms with Gasteiger partial charge in [0.1, 0.15) is 0 Å². The Kier molecular flexibility index (Phi) is 4.03. The van der Waals surface area contributed by atoms with E-state index in [0.29, 0.717) is 0 Å². The molecule has 0 aromatic rings. The molecule has 3 heteroatoms. The third kappa shape index (κ3) is 3.19. The maximum Gasteiger partial charge on any atom is 0.193 e. The lowest BCUT2D eigenvalue weighted by molar-refractivity contribution is -0.0342. The van der Waals surface area contributed by atoms with Gasteiger partial charge in [0.25, 0.3) is 0 Å². The molecule has 1 aliphatic heterocycles. The van der Waals surface area contributed by atoms with Crippen LogP contribution in [-0.2, 0) is 9.16 Å². The van der Waals surface area contributed by atoms with Crippen LogP contribution in [0.4, 0.5) is 0 Å². The molecule has 1 rings (SSSR count). The van der Waals surface area contributed by atoms with Crippen LogP contribution in [0.2, 0.25) is 18.1 Å². The van der Waals surface area contributed by atoms with Crippen molar-refractivity contribution < 1.29 is 9.16 Å². The van der Waals surface area contributed by atoms with Crippen molar-refractivity contribution in [2.24, 2.45) is 0 Å². The van der Waals surface area contributed by atoms with Crippen LogP contribution in [-0.4, -0.2) is 26.6 Å². The van der Waals surface area contributed by atoms with Gasteiger partial charge in [-0.25, -0.2) is 0 Å². The van der Waals surface area contributed by atoms with E-state index in [1.807, 2.05) is 0 Å². The third-order valence-corrected chi connectivity index (χ3v) is 8.17. The fourth-order valence-corrected chi connectivity index (χ4v) is 2.84. The molecule has 94 valence electrons. The van der Waals surface area contributed by atoms with E-state index in [0.717, 1.165) is 0 Å². The largest absolute Gasteiger partial charge is 0.408 e. The molecule has 0 aromatic heterocycles. The van der Waals surface area contributed by atoms with Crippen molar-refractivity contribution in [3.8, 4) is 0 Å². The van der Waals surface area contributed by atoms with E-state index in [-0.39, 0.29) is 23.4 Å². The Morgan fingerprint density at radius 3 is 2.12 bits per heavy atom. The number of hydrogen-bond donors (Lipinski definition) is 0. The first-order valence-electron chi connectivity index (χ1n) is 6.15. The summed E-state index contributed by atoms with van der Waals surface area (Å²) in [6.45, 7) is 15.5. The number of ether oxygens (including phenoxy) is 1. The van der Waals surface area contributed by atoms with Gasteiger partial charge in [0.2, 0.25) is 0 Å². The van der Waals surface area contributed by atoms with Crippen molar-refractivity contribution in [3.63, 3.8) is 0 Å². The van der Waals surface area contributed by atoms with Crippen LogP contribution < -0.4 is 0 Å². The summed E-state index contributed by atoms with van der Waals surface area (Å²) in [6.07, 6.45) is 4.76. The molecule has 3 atom stereocenters.